The third-order valence-electron chi connectivity index (χ3n) is 6.22. The summed E-state index contributed by atoms with van der Waals surface area (Å²) in [6, 6.07) is 15.9. The van der Waals surface area contributed by atoms with E-state index in [1.807, 2.05) is 32.9 Å². The largest absolute Gasteiger partial charge is 0.480 e. The molecule has 0 spiro atoms. The number of nitrogens with two attached hydrogens (primary N) is 1. The number of carboxylic acids is 1. The highest BCUT2D eigenvalue weighted by molar-refractivity contribution is 7.92. The zero-order valence-electron chi connectivity index (χ0n) is 24.0. The van der Waals surface area contributed by atoms with Crippen molar-refractivity contribution in [3.8, 4) is 0 Å². The Morgan fingerprint density at radius 2 is 1.59 bits per heavy atom. The van der Waals surface area contributed by atoms with Gasteiger partial charge >= 0.3 is 12.1 Å². The lowest BCUT2D eigenvalue weighted by atomic mass is 9.86. The van der Waals surface area contributed by atoms with Gasteiger partial charge in [-0.1, -0.05) is 57.2 Å². The number of benzene rings is 2. The van der Waals surface area contributed by atoms with Crippen LogP contribution < -0.4 is 10.6 Å². The monoisotopic (exact) mass is 585 g/mol. The van der Waals surface area contributed by atoms with Gasteiger partial charge in [0.25, 0.3) is 0 Å². The van der Waals surface area contributed by atoms with Crippen LogP contribution in [-0.2, 0) is 36.1 Å². The van der Waals surface area contributed by atoms with Crippen molar-refractivity contribution in [2.24, 2.45) is 5.73 Å². The van der Waals surface area contributed by atoms with Crippen molar-refractivity contribution in [2.75, 3.05) is 11.4 Å². The van der Waals surface area contributed by atoms with E-state index in [1.165, 1.54) is 30.3 Å². The molecule has 3 N–H and O–H groups in total. The number of carboxylic acid groups (broad SMARTS) is 1. The Labute approximate surface area is 240 Å². The number of carbonyl (C=O) groups excluding carboxylic acids is 1. The van der Waals surface area contributed by atoms with Crippen LogP contribution in [0.4, 0.5) is 15.0 Å². The van der Waals surface area contributed by atoms with Gasteiger partial charge in [-0.15, -0.1) is 0 Å². The molecule has 9 nitrogen and oxygen atoms in total. The maximum absolute atomic E-state index is 14.2. The van der Waals surface area contributed by atoms with Gasteiger partial charge in [0, 0.05) is 6.42 Å². The number of hydrogen-bond acceptors (Lipinski definition) is 7. The molecule has 1 unspecified atom stereocenters. The molecule has 0 radical (unpaired) electrons. The molecule has 220 valence electrons. The molecule has 1 heterocycles. The van der Waals surface area contributed by atoms with Gasteiger partial charge in [-0.25, -0.2) is 22.6 Å². The number of sulfone groups is 1. The topological polar surface area (TPSA) is 140 Å². The van der Waals surface area contributed by atoms with Gasteiger partial charge in [0.15, 0.2) is 4.87 Å². The van der Waals surface area contributed by atoms with E-state index in [0.717, 1.165) is 22.6 Å². The number of aromatic nitrogens is 1. The minimum Gasteiger partial charge on any atom is -0.480 e. The summed E-state index contributed by atoms with van der Waals surface area (Å²) in [6.45, 7) is 10.2. The molecular formula is C30H36FN3O6S. The number of nitrogens with zero attached hydrogens (tertiary/aromatic N) is 2. The Morgan fingerprint density at radius 1 is 0.976 bits per heavy atom. The second kappa shape index (κ2) is 11.6. The number of rotatable bonds is 8. The van der Waals surface area contributed by atoms with Crippen LogP contribution in [0, 0.1) is 5.82 Å². The van der Waals surface area contributed by atoms with E-state index in [4.69, 9.17) is 10.5 Å². The van der Waals surface area contributed by atoms with E-state index >= 15 is 0 Å². The Kier molecular flexibility index (Phi) is 8.95. The summed E-state index contributed by atoms with van der Waals surface area (Å²) < 4.78 is 47.7. The standard InChI is InChI=1S/C30H36FN3O6S/c1-28(2,3)21-15-13-20(14-16-21)18-30(32,41(38,39)23-10-7-9-22(31)17-23)24-11-8-12-25(33-24)34(19-26(35)36)27(37)40-29(4,5)6/h7-17H,18-19,32H2,1-6H3,(H,35,36). The fraction of sp³-hybridized carbons (Fsp3) is 0.367. The van der Waals surface area contributed by atoms with Crippen LogP contribution >= 0.6 is 0 Å². The summed E-state index contributed by atoms with van der Waals surface area (Å²) in [5, 5.41) is 9.47. The first-order valence-corrected chi connectivity index (χ1v) is 14.4. The van der Waals surface area contributed by atoms with Crippen molar-refractivity contribution in [1.82, 2.24) is 4.98 Å². The third kappa shape index (κ3) is 7.47. The summed E-state index contributed by atoms with van der Waals surface area (Å²) in [5.41, 5.74) is 7.11. The van der Waals surface area contributed by atoms with Crippen LogP contribution in [0.5, 0.6) is 0 Å². The molecule has 0 fully saturated rings. The maximum atomic E-state index is 14.2. The normalized spacial score (nSPS) is 13.8. The number of amides is 1. The van der Waals surface area contributed by atoms with Crippen molar-refractivity contribution >= 4 is 27.7 Å². The molecule has 0 aliphatic heterocycles. The van der Waals surface area contributed by atoms with E-state index in [1.54, 1.807) is 32.9 Å². The fourth-order valence-corrected chi connectivity index (χ4v) is 5.79. The lowest BCUT2D eigenvalue weighted by Gasteiger charge is -2.31. The predicted molar refractivity (Wildman–Crippen MR) is 154 cm³/mol. The van der Waals surface area contributed by atoms with E-state index in [0.29, 0.717) is 5.56 Å². The first kappa shape index (κ1) is 31.7. The Balaban J connectivity index is 2.20. The summed E-state index contributed by atoms with van der Waals surface area (Å²) in [4.78, 5) is 27.1. The minimum absolute atomic E-state index is 0.142. The summed E-state index contributed by atoms with van der Waals surface area (Å²) in [6.07, 6.45) is -1.24. The molecule has 1 amide bonds. The van der Waals surface area contributed by atoms with Crippen LogP contribution in [0.15, 0.2) is 71.6 Å². The predicted octanol–water partition coefficient (Wildman–Crippen LogP) is 5.17. The molecule has 0 aliphatic rings. The van der Waals surface area contributed by atoms with Crippen LogP contribution in [0.25, 0.3) is 0 Å². The average Bonchev–Trinajstić information content (AvgIpc) is 2.86. The lowest BCUT2D eigenvalue weighted by molar-refractivity contribution is -0.135. The first-order valence-electron chi connectivity index (χ1n) is 12.9. The Morgan fingerprint density at radius 3 is 2.12 bits per heavy atom. The SMILES string of the molecule is CC(C)(C)OC(=O)N(CC(=O)O)c1cccc(C(N)(Cc2ccc(C(C)(C)C)cc2)S(=O)(=O)c2cccc(F)c2)n1. The van der Waals surface area contributed by atoms with Gasteiger partial charge in [-0.2, -0.15) is 0 Å². The number of halogens is 1. The van der Waals surface area contributed by atoms with Gasteiger partial charge in [0.2, 0.25) is 9.84 Å². The number of hydrogen-bond donors (Lipinski definition) is 2. The molecule has 41 heavy (non-hydrogen) atoms. The molecule has 0 saturated heterocycles. The molecule has 2 aromatic carbocycles. The molecule has 3 rings (SSSR count). The molecule has 1 aromatic heterocycles. The Bertz CT molecular complexity index is 1530. The number of anilines is 1. The maximum Gasteiger partial charge on any atom is 0.416 e. The summed E-state index contributed by atoms with van der Waals surface area (Å²) in [5.74, 6) is -2.28. The van der Waals surface area contributed by atoms with Crippen LogP contribution in [-0.4, -0.2) is 42.7 Å². The van der Waals surface area contributed by atoms with Crippen LogP contribution in [0.3, 0.4) is 0 Å². The number of carbonyl (C=O) groups is 2. The molecule has 3 aromatic rings. The number of ether oxygens (including phenoxy) is 1. The Hall–Kier alpha value is -3.83. The van der Waals surface area contributed by atoms with Crippen molar-refractivity contribution in [1.29, 1.82) is 0 Å². The van der Waals surface area contributed by atoms with Gasteiger partial charge in [-0.05, 0) is 67.6 Å². The summed E-state index contributed by atoms with van der Waals surface area (Å²) >= 11 is 0. The lowest BCUT2D eigenvalue weighted by Crippen LogP contribution is -2.48. The van der Waals surface area contributed by atoms with Crippen molar-refractivity contribution < 1.29 is 32.2 Å². The van der Waals surface area contributed by atoms with Crippen molar-refractivity contribution in [3.05, 3.63) is 89.4 Å². The highest BCUT2D eigenvalue weighted by Gasteiger charge is 2.45. The highest BCUT2D eigenvalue weighted by atomic mass is 32.2. The van der Waals surface area contributed by atoms with Gasteiger partial charge in [0.1, 0.15) is 23.8 Å². The zero-order chi connectivity index (χ0) is 30.8. The summed E-state index contributed by atoms with van der Waals surface area (Å²) in [7, 11) is -4.50. The van der Waals surface area contributed by atoms with E-state index in [2.05, 4.69) is 4.98 Å². The smallest absolute Gasteiger partial charge is 0.416 e. The van der Waals surface area contributed by atoms with Crippen LogP contribution in [0.2, 0.25) is 0 Å². The van der Waals surface area contributed by atoms with E-state index in [-0.39, 0.29) is 28.2 Å². The van der Waals surface area contributed by atoms with Gasteiger partial charge in [-0.3, -0.25) is 9.69 Å². The second-order valence-corrected chi connectivity index (χ2v) is 14.0. The highest BCUT2D eigenvalue weighted by Crippen LogP contribution is 2.35. The molecule has 0 aliphatic carbocycles. The van der Waals surface area contributed by atoms with E-state index in [9.17, 15) is 27.5 Å². The van der Waals surface area contributed by atoms with Gasteiger partial charge in [0.05, 0.1) is 10.6 Å². The van der Waals surface area contributed by atoms with Crippen molar-refractivity contribution in [3.63, 3.8) is 0 Å². The van der Waals surface area contributed by atoms with Crippen molar-refractivity contribution in [2.45, 2.75) is 68.7 Å². The molecular weight excluding hydrogens is 549 g/mol. The van der Waals surface area contributed by atoms with Crippen LogP contribution in [0.1, 0.15) is 58.4 Å². The third-order valence-corrected chi connectivity index (χ3v) is 8.41. The molecule has 11 heteroatoms. The quantitative estimate of drug-likeness (QED) is 0.369. The van der Waals surface area contributed by atoms with Gasteiger partial charge < -0.3 is 15.6 Å². The first-order chi connectivity index (χ1) is 18.8. The zero-order valence-corrected chi connectivity index (χ0v) is 24.8. The van der Waals surface area contributed by atoms with E-state index < -0.39 is 44.7 Å². The minimum atomic E-state index is -4.50. The average molecular weight is 586 g/mol. The molecule has 0 bridgehead atoms. The second-order valence-electron chi connectivity index (χ2n) is 11.8. The molecule has 1 atom stereocenters. The number of pyridine rings is 1. The molecule has 0 saturated carbocycles. The fourth-order valence-electron chi connectivity index (χ4n) is 4.09. The number of aliphatic carboxylic acids is 1.